The van der Waals surface area contributed by atoms with Gasteiger partial charge in [0.25, 0.3) is 5.56 Å². The first-order valence-corrected chi connectivity index (χ1v) is 6.72. The summed E-state index contributed by atoms with van der Waals surface area (Å²) in [6.45, 7) is 4.95. The molecule has 0 aliphatic heterocycles. The number of aryl methyl sites for hydroxylation is 2. The molecule has 110 valence electrons. The van der Waals surface area contributed by atoms with Crippen molar-refractivity contribution in [2.45, 2.75) is 26.8 Å². The predicted molar refractivity (Wildman–Crippen MR) is 79.2 cm³/mol. The maximum absolute atomic E-state index is 12.4. The molecule has 7 nitrogen and oxygen atoms in total. The molecule has 2 heterocycles. The zero-order valence-electron chi connectivity index (χ0n) is 12.6. The van der Waals surface area contributed by atoms with Gasteiger partial charge in [0.2, 0.25) is 5.95 Å². The minimum absolute atomic E-state index is 0.305. The van der Waals surface area contributed by atoms with Crippen molar-refractivity contribution in [1.82, 2.24) is 18.7 Å². The third-order valence-corrected chi connectivity index (χ3v) is 3.50. The number of hydrogen-bond acceptors (Lipinski definition) is 4. The number of fused-ring (bicyclic) bond motifs is 1. The van der Waals surface area contributed by atoms with E-state index in [0.717, 1.165) is 11.0 Å². The summed E-state index contributed by atoms with van der Waals surface area (Å²) >= 11 is 0. The van der Waals surface area contributed by atoms with Crippen LogP contribution in [0.3, 0.4) is 0 Å². The summed E-state index contributed by atoms with van der Waals surface area (Å²) in [7, 11) is 4.88. The molecule has 2 aromatic rings. The van der Waals surface area contributed by atoms with Gasteiger partial charge < -0.3 is 9.88 Å². The Bertz CT molecular complexity index is 751. The van der Waals surface area contributed by atoms with Crippen LogP contribution in [0.4, 0.5) is 5.95 Å². The van der Waals surface area contributed by atoms with Gasteiger partial charge >= 0.3 is 5.69 Å². The average Bonchev–Trinajstić information content (AvgIpc) is 2.79. The Balaban J connectivity index is 2.79. The zero-order chi connectivity index (χ0) is 15.0. The topological polar surface area (TPSA) is 73.8 Å². The third-order valence-electron chi connectivity index (χ3n) is 3.50. The molecule has 0 unspecified atom stereocenters. The van der Waals surface area contributed by atoms with E-state index >= 15 is 0 Å². The fourth-order valence-corrected chi connectivity index (χ4v) is 2.24. The first-order chi connectivity index (χ1) is 9.38. The molecule has 0 aliphatic rings. The highest BCUT2D eigenvalue weighted by molar-refractivity contribution is 5.74. The molecule has 0 aromatic carbocycles. The van der Waals surface area contributed by atoms with Gasteiger partial charge in [-0.1, -0.05) is 13.8 Å². The molecule has 1 N–H and O–H groups in total. The van der Waals surface area contributed by atoms with Crippen LogP contribution in [-0.2, 0) is 20.6 Å². The Morgan fingerprint density at radius 1 is 1.20 bits per heavy atom. The first kappa shape index (κ1) is 14.4. The highest BCUT2D eigenvalue weighted by Gasteiger charge is 2.18. The summed E-state index contributed by atoms with van der Waals surface area (Å²) < 4.78 is 4.38. The van der Waals surface area contributed by atoms with Crippen molar-refractivity contribution in [3.8, 4) is 0 Å². The average molecular weight is 279 g/mol. The molecule has 7 heteroatoms. The van der Waals surface area contributed by atoms with E-state index in [-0.39, 0.29) is 11.2 Å². The lowest BCUT2D eigenvalue weighted by molar-refractivity contribution is 0.524. The van der Waals surface area contributed by atoms with Gasteiger partial charge in [-0.2, -0.15) is 4.98 Å². The minimum atomic E-state index is -0.362. The van der Waals surface area contributed by atoms with Crippen LogP contribution in [0.5, 0.6) is 0 Å². The van der Waals surface area contributed by atoms with Gasteiger partial charge in [0.1, 0.15) is 0 Å². The molecule has 0 aliphatic carbocycles. The lowest BCUT2D eigenvalue weighted by Crippen LogP contribution is -2.37. The van der Waals surface area contributed by atoms with Crippen molar-refractivity contribution in [1.29, 1.82) is 0 Å². The maximum atomic E-state index is 12.4. The fourth-order valence-electron chi connectivity index (χ4n) is 2.24. The highest BCUT2D eigenvalue weighted by Crippen LogP contribution is 2.16. The number of hydrogen-bond donors (Lipinski definition) is 1. The number of aromatic nitrogens is 4. The molecule has 0 saturated carbocycles. The number of anilines is 1. The van der Waals surface area contributed by atoms with Crippen LogP contribution in [0.2, 0.25) is 0 Å². The van der Waals surface area contributed by atoms with Gasteiger partial charge in [0.15, 0.2) is 11.2 Å². The van der Waals surface area contributed by atoms with Crippen LogP contribution in [0.1, 0.15) is 20.3 Å². The molecule has 0 saturated heterocycles. The zero-order valence-corrected chi connectivity index (χ0v) is 12.6. The molecule has 2 rings (SSSR count). The van der Waals surface area contributed by atoms with E-state index in [1.807, 2.05) is 4.57 Å². The Hall–Kier alpha value is -2.05. The Morgan fingerprint density at radius 2 is 1.85 bits per heavy atom. The quantitative estimate of drug-likeness (QED) is 0.885. The summed E-state index contributed by atoms with van der Waals surface area (Å²) in [5.74, 6) is 1.13. The van der Waals surface area contributed by atoms with E-state index < -0.39 is 0 Å². The Morgan fingerprint density at radius 3 is 2.40 bits per heavy atom. The van der Waals surface area contributed by atoms with Crippen LogP contribution < -0.4 is 16.6 Å². The van der Waals surface area contributed by atoms with Gasteiger partial charge in [0.05, 0.1) is 0 Å². The van der Waals surface area contributed by atoms with E-state index in [1.54, 1.807) is 14.1 Å². The first-order valence-electron chi connectivity index (χ1n) is 6.72. The van der Waals surface area contributed by atoms with Crippen molar-refractivity contribution in [2.75, 3.05) is 12.4 Å². The van der Waals surface area contributed by atoms with Crippen molar-refractivity contribution in [3.63, 3.8) is 0 Å². The van der Waals surface area contributed by atoms with Gasteiger partial charge in [-0.15, -0.1) is 0 Å². The van der Waals surface area contributed by atoms with E-state index in [9.17, 15) is 9.59 Å². The molecule has 0 spiro atoms. The van der Waals surface area contributed by atoms with Crippen LogP contribution in [0.15, 0.2) is 9.59 Å². The molecular formula is C13H21N5O2. The van der Waals surface area contributed by atoms with Gasteiger partial charge in [-0.25, -0.2) is 4.79 Å². The molecule has 0 atom stereocenters. The van der Waals surface area contributed by atoms with Crippen LogP contribution in [0.25, 0.3) is 11.2 Å². The van der Waals surface area contributed by atoms with E-state index in [1.165, 1.54) is 11.6 Å². The molecule has 20 heavy (non-hydrogen) atoms. The van der Waals surface area contributed by atoms with E-state index in [2.05, 4.69) is 24.1 Å². The smallest absolute Gasteiger partial charge is 0.332 e. The number of nitrogens with zero attached hydrogens (tertiary/aromatic N) is 4. The molecule has 0 bridgehead atoms. The summed E-state index contributed by atoms with van der Waals surface area (Å²) in [4.78, 5) is 28.7. The standard InChI is InChI=1S/C13H21N5O2/c1-8(2)6-7-18-9-10(15-12(18)14-3)16(4)13(20)17(5)11(9)19/h8H,6-7H2,1-5H3,(H,14,15). The second-order valence-corrected chi connectivity index (χ2v) is 5.40. The fraction of sp³-hybridized carbons (Fsp3) is 0.615. The monoisotopic (exact) mass is 279 g/mol. The van der Waals surface area contributed by atoms with Crippen molar-refractivity contribution >= 4 is 17.1 Å². The summed E-state index contributed by atoms with van der Waals surface area (Å²) in [5, 5.41) is 2.99. The molecule has 0 fully saturated rings. The van der Waals surface area contributed by atoms with E-state index in [4.69, 9.17) is 0 Å². The van der Waals surface area contributed by atoms with Gasteiger partial charge in [0, 0.05) is 27.7 Å². The third kappa shape index (κ3) is 2.13. The van der Waals surface area contributed by atoms with Gasteiger partial charge in [-0.05, 0) is 12.3 Å². The SMILES string of the molecule is CNc1nc2c(c(=O)n(C)c(=O)n2C)n1CCC(C)C. The summed E-state index contributed by atoms with van der Waals surface area (Å²) in [6, 6.07) is 0. The largest absolute Gasteiger partial charge is 0.359 e. The second kappa shape index (κ2) is 5.15. The van der Waals surface area contributed by atoms with Crippen LogP contribution in [-0.4, -0.2) is 25.7 Å². The number of imidazole rings is 1. The van der Waals surface area contributed by atoms with Crippen LogP contribution >= 0.6 is 0 Å². The Kier molecular flexibility index (Phi) is 3.69. The number of nitrogens with one attached hydrogen (secondary N) is 1. The summed E-state index contributed by atoms with van der Waals surface area (Å²) in [5.41, 5.74) is 0.227. The predicted octanol–water partition coefficient (Wildman–Crippen LogP) is 0.521. The molecule has 0 amide bonds. The lowest BCUT2D eigenvalue weighted by Gasteiger charge is -2.10. The van der Waals surface area contributed by atoms with Crippen molar-refractivity contribution in [2.24, 2.45) is 20.0 Å². The van der Waals surface area contributed by atoms with Gasteiger partial charge in [-0.3, -0.25) is 13.9 Å². The van der Waals surface area contributed by atoms with E-state index in [0.29, 0.717) is 29.6 Å². The van der Waals surface area contributed by atoms with Crippen molar-refractivity contribution in [3.05, 3.63) is 20.8 Å². The molecular weight excluding hydrogens is 258 g/mol. The second-order valence-electron chi connectivity index (χ2n) is 5.40. The molecule has 0 radical (unpaired) electrons. The molecule has 2 aromatic heterocycles. The number of rotatable bonds is 4. The minimum Gasteiger partial charge on any atom is -0.359 e. The normalized spacial score (nSPS) is 11.5. The summed E-state index contributed by atoms with van der Waals surface area (Å²) in [6.07, 6.45) is 0.937. The van der Waals surface area contributed by atoms with Crippen LogP contribution in [0, 0.1) is 5.92 Å². The lowest BCUT2D eigenvalue weighted by atomic mass is 10.1. The Labute approximate surface area is 116 Å². The maximum Gasteiger partial charge on any atom is 0.332 e. The highest BCUT2D eigenvalue weighted by atomic mass is 16.2. The van der Waals surface area contributed by atoms with Crippen molar-refractivity contribution < 1.29 is 0 Å².